The van der Waals surface area contributed by atoms with E-state index in [-0.39, 0.29) is 28.3 Å². The van der Waals surface area contributed by atoms with Gasteiger partial charge in [-0.3, -0.25) is 4.79 Å². The highest BCUT2D eigenvalue weighted by molar-refractivity contribution is 5.85. The summed E-state index contributed by atoms with van der Waals surface area (Å²) in [5, 5.41) is 18.7. The van der Waals surface area contributed by atoms with Crippen molar-refractivity contribution in [3.8, 4) is 34.8 Å². The lowest BCUT2D eigenvalue weighted by atomic mass is 9.95. The van der Waals surface area contributed by atoms with Crippen LogP contribution >= 0.6 is 0 Å². The zero-order valence-electron chi connectivity index (χ0n) is 12.5. The van der Waals surface area contributed by atoms with E-state index in [2.05, 4.69) is 0 Å². The minimum Gasteiger partial charge on any atom is -0.493 e. The van der Waals surface area contributed by atoms with E-state index in [9.17, 15) is 15.3 Å². The predicted octanol–water partition coefficient (Wildman–Crippen LogP) is 0.572. The molecule has 1 heterocycles. The van der Waals surface area contributed by atoms with Crippen LogP contribution in [0.2, 0.25) is 0 Å². The Labute approximate surface area is 131 Å². The molecule has 0 aliphatic carbocycles. The Morgan fingerprint density at radius 1 is 1.13 bits per heavy atom. The molecule has 2 aromatic rings. The van der Waals surface area contributed by atoms with Crippen molar-refractivity contribution < 1.29 is 9.47 Å². The lowest BCUT2D eigenvalue weighted by molar-refractivity contribution is 0.356. The van der Waals surface area contributed by atoms with Crippen molar-refractivity contribution in [2.75, 3.05) is 25.8 Å². The Hall–Kier alpha value is -3.65. The largest absolute Gasteiger partial charge is 0.493 e. The average molecular weight is 311 g/mol. The van der Waals surface area contributed by atoms with Gasteiger partial charge >= 0.3 is 0 Å². The fourth-order valence-electron chi connectivity index (χ4n) is 2.28. The molecule has 0 unspecified atom stereocenters. The van der Waals surface area contributed by atoms with Gasteiger partial charge < -0.3 is 21.1 Å². The number of nitrogens with two attached hydrogens (primary N) is 2. The third-order valence-electron chi connectivity index (χ3n) is 3.34. The molecule has 116 valence electrons. The Morgan fingerprint density at radius 2 is 1.78 bits per heavy atom. The van der Waals surface area contributed by atoms with Crippen LogP contribution in [0.25, 0.3) is 11.1 Å². The van der Waals surface area contributed by atoms with Crippen LogP contribution in [-0.4, -0.2) is 18.9 Å². The number of anilines is 1. The highest BCUT2D eigenvalue weighted by Gasteiger charge is 2.24. The molecule has 0 fully saturated rings. The number of pyridine rings is 1. The molecule has 0 amide bonds. The first-order valence-corrected chi connectivity index (χ1v) is 6.36. The number of ether oxygens (including phenoxy) is 2. The van der Waals surface area contributed by atoms with E-state index in [4.69, 9.17) is 21.1 Å². The minimum atomic E-state index is -0.802. The predicted molar refractivity (Wildman–Crippen MR) is 83.2 cm³/mol. The van der Waals surface area contributed by atoms with Gasteiger partial charge in [0, 0.05) is 11.1 Å². The standard InChI is InChI=1S/C15H13N5O3/c1-22-11-5-3-4-8(13(11)23-2)12-9(6-16)14(18)20(19)15(21)10(12)7-17/h3-5H,18-19H2,1-2H3. The Bertz CT molecular complexity index is 919. The lowest BCUT2D eigenvalue weighted by Gasteiger charge is -2.16. The zero-order valence-corrected chi connectivity index (χ0v) is 12.5. The van der Waals surface area contributed by atoms with Crippen LogP contribution in [0.5, 0.6) is 11.5 Å². The van der Waals surface area contributed by atoms with Crippen molar-refractivity contribution in [3.63, 3.8) is 0 Å². The number of aromatic nitrogens is 1. The summed E-state index contributed by atoms with van der Waals surface area (Å²) in [5.41, 5.74) is 4.96. The van der Waals surface area contributed by atoms with Crippen LogP contribution < -0.4 is 26.6 Å². The van der Waals surface area contributed by atoms with E-state index in [0.29, 0.717) is 16.0 Å². The topological polar surface area (TPSA) is 140 Å². The van der Waals surface area contributed by atoms with Gasteiger partial charge in [-0.05, 0) is 6.07 Å². The van der Waals surface area contributed by atoms with Crippen LogP contribution in [0.15, 0.2) is 23.0 Å². The summed E-state index contributed by atoms with van der Waals surface area (Å²) in [5.74, 6) is 5.95. The molecule has 0 atom stereocenters. The summed E-state index contributed by atoms with van der Waals surface area (Å²) >= 11 is 0. The second kappa shape index (κ2) is 6.00. The van der Waals surface area contributed by atoms with E-state index >= 15 is 0 Å². The molecule has 0 aliphatic rings. The summed E-state index contributed by atoms with van der Waals surface area (Å²) in [6.07, 6.45) is 0. The van der Waals surface area contributed by atoms with Gasteiger partial charge in [0.1, 0.15) is 29.1 Å². The number of methoxy groups -OCH3 is 2. The number of benzene rings is 1. The monoisotopic (exact) mass is 311 g/mol. The molecule has 8 heteroatoms. The summed E-state index contributed by atoms with van der Waals surface area (Å²) in [6.45, 7) is 0. The van der Waals surface area contributed by atoms with Gasteiger partial charge in [-0.2, -0.15) is 10.5 Å². The molecular formula is C15H13N5O3. The molecule has 0 bridgehead atoms. The summed E-state index contributed by atoms with van der Waals surface area (Å²) in [4.78, 5) is 12.2. The van der Waals surface area contributed by atoms with Crippen LogP contribution in [0.3, 0.4) is 0 Å². The SMILES string of the molecule is COc1cccc(-c2c(C#N)c(N)n(N)c(=O)c2C#N)c1OC. The molecule has 8 nitrogen and oxygen atoms in total. The van der Waals surface area contributed by atoms with Crippen LogP contribution in [0, 0.1) is 22.7 Å². The quantitative estimate of drug-likeness (QED) is 0.789. The molecule has 0 aliphatic heterocycles. The molecule has 1 aromatic heterocycles. The van der Waals surface area contributed by atoms with E-state index in [1.54, 1.807) is 24.3 Å². The van der Waals surface area contributed by atoms with Crippen LogP contribution in [-0.2, 0) is 0 Å². The number of hydrogen-bond acceptors (Lipinski definition) is 7. The van der Waals surface area contributed by atoms with E-state index in [1.165, 1.54) is 14.2 Å². The molecule has 2 rings (SSSR count). The second-order valence-electron chi connectivity index (χ2n) is 4.45. The minimum absolute atomic E-state index is 0.0648. The van der Waals surface area contributed by atoms with E-state index in [0.717, 1.165) is 0 Å². The van der Waals surface area contributed by atoms with Gasteiger partial charge in [0.15, 0.2) is 11.5 Å². The fraction of sp³-hybridized carbons (Fsp3) is 0.133. The van der Waals surface area contributed by atoms with Gasteiger partial charge in [-0.1, -0.05) is 12.1 Å². The molecule has 23 heavy (non-hydrogen) atoms. The number of hydrogen-bond donors (Lipinski definition) is 2. The zero-order chi connectivity index (χ0) is 17.1. The fourth-order valence-corrected chi connectivity index (χ4v) is 2.28. The van der Waals surface area contributed by atoms with Crippen molar-refractivity contribution in [2.24, 2.45) is 0 Å². The van der Waals surface area contributed by atoms with Crippen molar-refractivity contribution in [1.29, 1.82) is 10.5 Å². The first-order valence-electron chi connectivity index (χ1n) is 6.36. The maximum Gasteiger partial charge on any atom is 0.289 e. The Kier molecular flexibility index (Phi) is 4.10. The summed E-state index contributed by atoms with van der Waals surface area (Å²) < 4.78 is 11.1. The van der Waals surface area contributed by atoms with Crippen molar-refractivity contribution in [1.82, 2.24) is 4.68 Å². The van der Waals surface area contributed by atoms with Crippen molar-refractivity contribution in [2.45, 2.75) is 0 Å². The third-order valence-corrected chi connectivity index (χ3v) is 3.34. The maximum absolute atomic E-state index is 12.2. The Balaban J connectivity index is 3.05. The van der Waals surface area contributed by atoms with Crippen LogP contribution in [0.1, 0.15) is 11.1 Å². The van der Waals surface area contributed by atoms with Gasteiger partial charge in [0.25, 0.3) is 5.56 Å². The molecule has 1 aromatic carbocycles. The first-order chi connectivity index (χ1) is 11.0. The molecule has 0 saturated carbocycles. The summed E-state index contributed by atoms with van der Waals surface area (Å²) in [7, 11) is 2.86. The Morgan fingerprint density at radius 3 is 2.30 bits per heavy atom. The van der Waals surface area contributed by atoms with Gasteiger partial charge in [-0.15, -0.1) is 0 Å². The van der Waals surface area contributed by atoms with Gasteiger partial charge in [0.05, 0.1) is 14.2 Å². The molecule has 4 N–H and O–H groups in total. The molecule has 0 spiro atoms. The van der Waals surface area contributed by atoms with Crippen molar-refractivity contribution >= 4 is 5.82 Å². The second-order valence-corrected chi connectivity index (χ2v) is 4.45. The van der Waals surface area contributed by atoms with Gasteiger partial charge in [0.2, 0.25) is 0 Å². The maximum atomic E-state index is 12.2. The van der Waals surface area contributed by atoms with E-state index in [1.807, 2.05) is 6.07 Å². The molecule has 0 saturated heterocycles. The summed E-state index contributed by atoms with van der Waals surface area (Å²) in [6, 6.07) is 8.54. The van der Waals surface area contributed by atoms with Crippen molar-refractivity contribution in [3.05, 3.63) is 39.7 Å². The van der Waals surface area contributed by atoms with E-state index < -0.39 is 5.56 Å². The smallest absolute Gasteiger partial charge is 0.289 e. The highest BCUT2D eigenvalue weighted by Crippen LogP contribution is 2.40. The number of nitrogen functional groups attached to an aromatic ring is 2. The third kappa shape index (κ3) is 2.28. The molecule has 0 radical (unpaired) electrons. The molecular weight excluding hydrogens is 298 g/mol. The van der Waals surface area contributed by atoms with Crippen LogP contribution in [0.4, 0.5) is 5.82 Å². The number of rotatable bonds is 3. The number of nitriles is 2. The first kappa shape index (κ1) is 15.7. The number of nitrogens with zero attached hydrogens (tertiary/aromatic N) is 3. The average Bonchev–Trinajstić information content (AvgIpc) is 2.58. The normalized spacial score (nSPS) is 9.74. The highest BCUT2D eigenvalue weighted by atomic mass is 16.5. The van der Waals surface area contributed by atoms with Gasteiger partial charge in [-0.25, -0.2) is 4.68 Å². The number of para-hydroxylation sites is 1. The lowest BCUT2D eigenvalue weighted by Crippen LogP contribution is -2.33.